The molecule has 7 nitrogen and oxygen atoms in total. The number of nitrogens with one attached hydrogen (secondary N) is 2. The molecule has 0 bridgehead atoms. The van der Waals surface area contributed by atoms with Crippen molar-refractivity contribution in [3.8, 4) is 0 Å². The van der Waals surface area contributed by atoms with Gasteiger partial charge in [-0.1, -0.05) is 6.07 Å². The van der Waals surface area contributed by atoms with E-state index in [1.807, 2.05) is 25.1 Å². The van der Waals surface area contributed by atoms with Gasteiger partial charge in [0.05, 0.1) is 13.2 Å². The Hall–Kier alpha value is -2.31. The van der Waals surface area contributed by atoms with E-state index < -0.39 is 6.09 Å². The molecule has 132 valence electrons. The summed E-state index contributed by atoms with van der Waals surface area (Å²) in [5.41, 5.74) is 1.03. The molecular formula is C17H26N4O3. The number of rotatable bonds is 6. The van der Waals surface area contributed by atoms with Crippen LogP contribution in [0.2, 0.25) is 0 Å². The normalized spacial score (nSPS) is 15.0. The Bertz CT molecular complexity index is 557. The Kier molecular flexibility index (Phi) is 6.84. The summed E-state index contributed by atoms with van der Waals surface area (Å²) in [6, 6.07) is 6.09. The quantitative estimate of drug-likeness (QED) is 0.823. The minimum absolute atomic E-state index is 0.0583. The van der Waals surface area contributed by atoms with Crippen molar-refractivity contribution in [2.75, 3.05) is 38.2 Å². The van der Waals surface area contributed by atoms with Gasteiger partial charge in [0.15, 0.2) is 0 Å². The molecule has 0 spiro atoms. The third-order valence-corrected chi connectivity index (χ3v) is 4.24. The molecule has 2 amide bonds. The SMILES string of the molecule is CNC(=O)CNC(=O)OCCC1CCN(c2cccc(C)n2)CC1. The first-order valence-electron chi connectivity index (χ1n) is 8.38. The van der Waals surface area contributed by atoms with E-state index in [0.29, 0.717) is 12.5 Å². The third-order valence-electron chi connectivity index (χ3n) is 4.24. The fraction of sp³-hybridized carbons (Fsp3) is 0.588. The molecule has 1 aromatic heterocycles. The second-order valence-corrected chi connectivity index (χ2v) is 6.02. The summed E-state index contributed by atoms with van der Waals surface area (Å²) >= 11 is 0. The molecule has 1 aliphatic rings. The van der Waals surface area contributed by atoms with Crippen molar-refractivity contribution >= 4 is 17.8 Å². The first kappa shape index (κ1) is 18.0. The van der Waals surface area contributed by atoms with Crippen LogP contribution in [0.3, 0.4) is 0 Å². The number of piperidine rings is 1. The Morgan fingerprint density at radius 3 is 2.75 bits per heavy atom. The zero-order valence-electron chi connectivity index (χ0n) is 14.4. The first-order valence-corrected chi connectivity index (χ1v) is 8.38. The average molecular weight is 334 g/mol. The number of carbonyl (C=O) groups is 2. The van der Waals surface area contributed by atoms with Crippen molar-refractivity contribution in [1.82, 2.24) is 15.6 Å². The van der Waals surface area contributed by atoms with Gasteiger partial charge in [0, 0.05) is 25.8 Å². The van der Waals surface area contributed by atoms with E-state index in [1.54, 1.807) is 0 Å². The molecule has 1 fully saturated rings. The standard InChI is InChI=1S/C17H26N4O3/c1-13-4-3-5-15(20-13)21-9-6-14(7-10-21)8-11-24-17(23)19-12-16(22)18-2/h3-5,14H,6-12H2,1-2H3,(H,18,22)(H,19,23). The van der Waals surface area contributed by atoms with Crippen LogP contribution >= 0.6 is 0 Å². The average Bonchev–Trinajstić information content (AvgIpc) is 2.60. The molecule has 1 aliphatic heterocycles. The van der Waals surface area contributed by atoms with Gasteiger partial charge >= 0.3 is 6.09 Å². The van der Waals surface area contributed by atoms with Gasteiger partial charge in [0.1, 0.15) is 5.82 Å². The number of hydrogen-bond acceptors (Lipinski definition) is 5. The summed E-state index contributed by atoms with van der Waals surface area (Å²) < 4.78 is 5.11. The second kappa shape index (κ2) is 9.10. The number of pyridine rings is 1. The molecular weight excluding hydrogens is 308 g/mol. The van der Waals surface area contributed by atoms with Crippen LogP contribution in [0.1, 0.15) is 25.0 Å². The highest BCUT2D eigenvalue weighted by Gasteiger charge is 2.20. The van der Waals surface area contributed by atoms with Gasteiger partial charge in [-0.2, -0.15) is 0 Å². The number of ether oxygens (including phenoxy) is 1. The number of anilines is 1. The first-order chi connectivity index (χ1) is 11.6. The maximum atomic E-state index is 11.4. The van der Waals surface area contributed by atoms with Gasteiger partial charge in [0.25, 0.3) is 0 Å². The van der Waals surface area contributed by atoms with Crippen LogP contribution in [0.4, 0.5) is 10.6 Å². The van der Waals surface area contributed by atoms with Crippen molar-refractivity contribution < 1.29 is 14.3 Å². The summed E-state index contributed by atoms with van der Waals surface area (Å²) in [5, 5.41) is 4.85. The Labute approximate surface area is 142 Å². The molecule has 0 aromatic carbocycles. The number of aryl methyl sites for hydroxylation is 1. The Morgan fingerprint density at radius 1 is 1.33 bits per heavy atom. The predicted octanol–water partition coefficient (Wildman–Crippen LogP) is 1.47. The van der Waals surface area contributed by atoms with Crippen molar-refractivity contribution in [2.24, 2.45) is 5.92 Å². The number of carbonyl (C=O) groups excluding carboxylic acids is 2. The van der Waals surface area contributed by atoms with E-state index in [1.165, 1.54) is 7.05 Å². The molecule has 24 heavy (non-hydrogen) atoms. The van der Waals surface area contributed by atoms with Crippen LogP contribution in [-0.2, 0) is 9.53 Å². The van der Waals surface area contributed by atoms with E-state index in [2.05, 4.69) is 20.5 Å². The van der Waals surface area contributed by atoms with Crippen LogP contribution in [0.15, 0.2) is 18.2 Å². The smallest absolute Gasteiger partial charge is 0.407 e. The van der Waals surface area contributed by atoms with Gasteiger partial charge in [-0.3, -0.25) is 4.79 Å². The third kappa shape index (κ3) is 5.72. The number of alkyl carbamates (subject to hydrolysis) is 1. The number of hydrogen-bond donors (Lipinski definition) is 2. The molecule has 2 rings (SSSR count). The predicted molar refractivity (Wildman–Crippen MR) is 91.9 cm³/mol. The van der Waals surface area contributed by atoms with Gasteiger partial charge in [-0.25, -0.2) is 9.78 Å². The number of likely N-dealkylation sites (N-methyl/N-ethyl adjacent to an activating group) is 1. The maximum absolute atomic E-state index is 11.4. The maximum Gasteiger partial charge on any atom is 0.407 e. The van der Waals surface area contributed by atoms with Crippen LogP contribution in [0.5, 0.6) is 0 Å². The van der Waals surface area contributed by atoms with Crippen LogP contribution in [-0.4, -0.2) is 50.3 Å². The van der Waals surface area contributed by atoms with Crippen molar-refractivity contribution in [2.45, 2.75) is 26.2 Å². The van der Waals surface area contributed by atoms with E-state index in [-0.39, 0.29) is 12.5 Å². The lowest BCUT2D eigenvalue weighted by molar-refractivity contribution is -0.119. The minimum atomic E-state index is -0.542. The summed E-state index contributed by atoms with van der Waals surface area (Å²) in [5.74, 6) is 1.35. The van der Waals surface area contributed by atoms with Gasteiger partial charge < -0.3 is 20.3 Å². The monoisotopic (exact) mass is 334 g/mol. The molecule has 0 atom stereocenters. The van der Waals surface area contributed by atoms with E-state index in [0.717, 1.165) is 43.9 Å². The number of nitrogens with zero attached hydrogens (tertiary/aromatic N) is 2. The lowest BCUT2D eigenvalue weighted by Crippen LogP contribution is -2.36. The van der Waals surface area contributed by atoms with Gasteiger partial charge in [-0.15, -0.1) is 0 Å². The van der Waals surface area contributed by atoms with Crippen molar-refractivity contribution in [3.05, 3.63) is 23.9 Å². The zero-order chi connectivity index (χ0) is 17.4. The molecule has 1 saturated heterocycles. The summed E-state index contributed by atoms with van der Waals surface area (Å²) in [7, 11) is 1.52. The second-order valence-electron chi connectivity index (χ2n) is 6.02. The molecule has 0 aliphatic carbocycles. The highest BCUT2D eigenvalue weighted by Crippen LogP contribution is 2.24. The number of amides is 2. The molecule has 0 saturated carbocycles. The molecule has 1 aromatic rings. The van der Waals surface area contributed by atoms with E-state index in [9.17, 15) is 9.59 Å². The lowest BCUT2D eigenvalue weighted by Gasteiger charge is -2.32. The molecule has 2 heterocycles. The van der Waals surface area contributed by atoms with E-state index in [4.69, 9.17) is 4.74 Å². The van der Waals surface area contributed by atoms with Gasteiger partial charge in [0.2, 0.25) is 5.91 Å². The lowest BCUT2D eigenvalue weighted by atomic mass is 9.94. The molecule has 0 unspecified atom stereocenters. The fourth-order valence-corrected chi connectivity index (χ4v) is 2.77. The van der Waals surface area contributed by atoms with Crippen LogP contribution in [0.25, 0.3) is 0 Å². The topological polar surface area (TPSA) is 83.6 Å². The molecule has 0 radical (unpaired) electrons. The van der Waals surface area contributed by atoms with Crippen LogP contribution in [0, 0.1) is 12.8 Å². The summed E-state index contributed by atoms with van der Waals surface area (Å²) in [4.78, 5) is 29.3. The fourth-order valence-electron chi connectivity index (χ4n) is 2.77. The Balaban J connectivity index is 1.63. The Morgan fingerprint density at radius 2 is 2.08 bits per heavy atom. The highest BCUT2D eigenvalue weighted by molar-refractivity contribution is 5.81. The zero-order valence-corrected chi connectivity index (χ0v) is 14.4. The highest BCUT2D eigenvalue weighted by atomic mass is 16.5. The summed E-state index contributed by atoms with van der Waals surface area (Å²) in [6.07, 6.45) is 2.44. The van der Waals surface area contributed by atoms with Gasteiger partial charge in [-0.05, 0) is 44.2 Å². The largest absolute Gasteiger partial charge is 0.450 e. The van der Waals surface area contributed by atoms with Crippen LogP contribution < -0.4 is 15.5 Å². The minimum Gasteiger partial charge on any atom is -0.450 e. The van der Waals surface area contributed by atoms with Crippen molar-refractivity contribution in [1.29, 1.82) is 0 Å². The number of aromatic nitrogens is 1. The van der Waals surface area contributed by atoms with Crippen molar-refractivity contribution in [3.63, 3.8) is 0 Å². The molecule has 2 N–H and O–H groups in total. The summed E-state index contributed by atoms with van der Waals surface area (Å²) in [6.45, 7) is 4.28. The molecule has 7 heteroatoms. The van der Waals surface area contributed by atoms with E-state index >= 15 is 0 Å².